The molecule has 2 aliphatic rings. The average Bonchev–Trinajstić information content (AvgIpc) is 3.49. The van der Waals surface area contributed by atoms with Crippen molar-refractivity contribution in [3.05, 3.63) is 119 Å². The van der Waals surface area contributed by atoms with Crippen LogP contribution in [0.1, 0.15) is 24.1 Å². The van der Waals surface area contributed by atoms with Crippen LogP contribution in [0.25, 0.3) is 0 Å². The highest BCUT2D eigenvalue weighted by molar-refractivity contribution is 6.36. The van der Waals surface area contributed by atoms with E-state index in [0.717, 1.165) is 21.7 Å². The molecule has 0 aromatic heterocycles. The number of nitrogens with zero attached hydrogens (tertiary/aromatic N) is 2. The van der Waals surface area contributed by atoms with Gasteiger partial charge in [-0.2, -0.15) is 0 Å². The molecule has 2 fully saturated rings. The van der Waals surface area contributed by atoms with Crippen molar-refractivity contribution < 1.29 is 23.9 Å². The van der Waals surface area contributed by atoms with Crippen molar-refractivity contribution in [2.45, 2.75) is 25.7 Å². The van der Waals surface area contributed by atoms with E-state index >= 15 is 0 Å². The maximum atomic E-state index is 13.9. The Morgan fingerprint density at radius 3 is 2.23 bits per heavy atom. The van der Waals surface area contributed by atoms with E-state index in [1.54, 1.807) is 29.3 Å². The molecule has 0 bridgehead atoms. The van der Waals surface area contributed by atoms with Crippen LogP contribution in [-0.2, 0) is 21.0 Å². The van der Waals surface area contributed by atoms with E-state index in [-0.39, 0.29) is 5.91 Å². The lowest BCUT2D eigenvalue weighted by Crippen LogP contribution is -2.37. The van der Waals surface area contributed by atoms with E-state index in [9.17, 15) is 9.59 Å². The number of hydrogen-bond acceptors (Lipinski definition) is 6. The van der Waals surface area contributed by atoms with Crippen molar-refractivity contribution in [2.24, 2.45) is 5.92 Å². The number of halogens is 1. The summed E-state index contributed by atoms with van der Waals surface area (Å²) in [6.07, 6.45) is -1.00. The van der Waals surface area contributed by atoms with Gasteiger partial charge in [-0.05, 0) is 54.4 Å². The van der Waals surface area contributed by atoms with E-state index < -0.39 is 24.0 Å². The average molecular weight is 555 g/mol. The molecule has 202 valence electrons. The molecule has 6 rings (SSSR count). The molecule has 7 nitrogen and oxygen atoms in total. The highest BCUT2D eigenvalue weighted by Gasteiger charge is 2.60. The maximum absolute atomic E-state index is 13.9. The molecule has 0 aliphatic carbocycles. The second kappa shape index (κ2) is 11.0. The van der Waals surface area contributed by atoms with Gasteiger partial charge in [0.15, 0.2) is 17.6 Å². The summed E-state index contributed by atoms with van der Waals surface area (Å²) in [5, 5.41) is 1.98. The molecule has 2 heterocycles. The summed E-state index contributed by atoms with van der Waals surface area (Å²) in [7, 11) is 0. The minimum Gasteiger partial charge on any atom is -0.490 e. The van der Waals surface area contributed by atoms with Gasteiger partial charge in [-0.15, -0.1) is 0 Å². The van der Waals surface area contributed by atoms with Gasteiger partial charge >= 0.3 is 0 Å². The van der Waals surface area contributed by atoms with Crippen molar-refractivity contribution in [1.29, 1.82) is 0 Å². The van der Waals surface area contributed by atoms with Gasteiger partial charge in [-0.3, -0.25) is 14.4 Å². The Balaban J connectivity index is 1.38. The van der Waals surface area contributed by atoms with Gasteiger partial charge in [0.25, 0.3) is 5.91 Å². The molecule has 2 amide bonds. The topological polar surface area (TPSA) is 68.3 Å². The molecule has 0 saturated carbocycles. The first-order valence-electron chi connectivity index (χ1n) is 13.1. The Kier molecular flexibility index (Phi) is 7.15. The normalized spacial score (nSPS) is 20.1. The van der Waals surface area contributed by atoms with Crippen LogP contribution in [0.3, 0.4) is 0 Å². The van der Waals surface area contributed by atoms with Crippen LogP contribution in [0.15, 0.2) is 103 Å². The van der Waals surface area contributed by atoms with Crippen molar-refractivity contribution >= 4 is 34.8 Å². The SMILES string of the molecule is CCOc1cc([C@H]2[C@H]3C(=O)N(c4ccccc4Cl)C(=O)[C@H]3ON2c2ccccc2)ccc1OCc1ccccc1. The largest absolute Gasteiger partial charge is 0.490 e. The summed E-state index contributed by atoms with van der Waals surface area (Å²) in [4.78, 5) is 34.9. The predicted octanol–water partition coefficient (Wildman–Crippen LogP) is 6.37. The maximum Gasteiger partial charge on any atom is 0.266 e. The minimum atomic E-state index is -1.00. The number of fused-ring (bicyclic) bond motifs is 1. The van der Waals surface area contributed by atoms with Crippen LogP contribution >= 0.6 is 11.6 Å². The lowest BCUT2D eigenvalue weighted by Gasteiger charge is -2.29. The molecule has 2 aliphatic heterocycles. The first-order chi connectivity index (χ1) is 19.6. The lowest BCUT2D eigenvalue weighted by molar-refractivity contribution is -0.126. The molecule has 0 N–H and O–H groups in total. The fraction of sp³-hybridized carbons (Fsp3) is 0.188. The zero-order valence-electron chi connectivity index (χ0n) is 21.8. The molecule has 0 unspecified atom stereocenters. The first-order valence-corrected chi connectivity index (χ1v) is 13.5. The number of para-hydroxylation sites is 2. The number of carbonyl (C=O) groups excluding carboxylic acids is 2. The molecule has 2 saturated heterocycles. The second-order valence-electron chi connectivity index (χ2n) is 9.53. The molecule has 40 heavy (non-hydrogen) atoms. The number of hydroxylamine groups is 1. The van der Waals surface area contributed by atoms with Gasteiger partial charge in [-0.25, -0.2) is 9.96 Å². The number of hydrogen-bond donors (Lipinski definition) is 0. The molecule has 3 atom stereocenters. The molecular weight excluding hydrogens is 528 g/mol. The van der Waals surface area contributed by atoms with Gasteiger partial charge in [0.1, 0.15) is 12.5 Å². The van der Waals surface area contributed by atoms with Gasteiger partial charge in [-0.1, -0.05) is 78.3 Å². The smallest absolute Gasteiger partial charge is 0.266 e. The zero-order valence-corrected chi connectivity index (χ0v) is 22.5. The highest BCUT2D eigenvalue weighted by atomic mass is 35.5. The number of ether oxygens (including phenoxy) is 2. The van der Waals surface area contributed by atoms with Crippen molar-refractivity contribution in [3.63, 3.8) is 0 Å². The van der Waals surface area contributed by atoms with Gasteiger partial charge < -0.3 is 9.47 Å². The van der Waals surface area contributed by atoms with Crippen molar-refractivity contribution in [1.82, 2.24) is 0 Å². The summed E-state index contributed by atoms with van der Waals surface area (Å²) < 4.78 is 12.1. The Morgan fingerprint density at radius 1 is 0.800 bits per heavy atom. The third kappa shape index (κ3) is 4.68. The van der Waals surface area contributed by atoms with Crippen LogP contribution in [0.5, 0.6) is 11.5 Å². The second-order valence-corrected chi connectivity index (χ2v) is 9.94. The van der Waals surface area contributed by atoms with Gasteiger partial charge in [0.05, 0.1) is 29.0 Å². The molecular formula is C32H27ClN2O5. The zero-order chi connectivity index (χ0) is 27.6. The summed E-state index contributed by atoms with van der Waals surface area (Å²) in [6.45, 7) is 2.71. The number of carbonyl (C=O) groups is 2. The first kappa shape index (κ1) is 25.9. The number of imide groups is 1. The van der Waals surface area contributed by atoms with Crippen LogP contribution in [0, 0.1) is 5.92 Å². The number of anilines is 2. The van der Waals surface area contributed by atoms with Crippen LogP contribution in [0.2, 0.25) is 5.02 Å². The van der Waals surface area contributed by atoms with E-state index in [4.69, 9.17) is 25.9 Å². The standard InChI is InChI=1S/C32H27ClN2O5/c1-2-38-27-19-22(17-18-26(27)39-20-21-11-5-3-6-12-21)29-28-30(40-35(29)23-13-7-4-8-14-23)32(37)34(31(28)36)25-16-10-9-15-24(25)33/h3-19,28-30H,2,20H2,1H3/t28-,29+,30+/m1/s1. The highest BCUT2D eigenvalue weighted by Crippen LogP contribution is 2.49. The molecule has 0 radical (unpaired) electrons. The molecule has 4 aromatic carbocycles. The van der Waals surface area contributed by atoms with E-state index in [0.29, 0.717) is 35.4 Å². The Morgan fingerprint density at radius 2 is 1.50 bits per heavy atom. The number of amides is 2. The molecule has 8 heteroatoms. The Bertz CT molecular complexity index is 1530. The fourth-order valence-corrected chi connectivity index (χ4v) is 5.47. The summed E-state index contributed by atoms with van der Waals surface area (Å²) in [5.41, 5.74) is 2.87. The van der Waals surface area contributed by atoms with Gasteiger partial charge in [0.2, 0.25) is 5.91 Å². The third-order valence-corrected chi connectivity index (χ3v) is 7.39. The minimum absolute atomic E-state index is 0.319. The van der Waals surface area contributed by atoms with Crippen LogP contribution in [-0.4, -0.2) is 24.5 Å². The number of benzene rings is 4. The quantitative estimate of drug-likeness (QED) is 0.236. The lowest BCUT2D eigenvalue weighted by atomic mass is 9.90. The van der Waals surface area contributed by atoms with E-state index in [1.165, 1.54) is 0 Å². The Hall–Kier alpha value is -4.33. The molecule has 0 spiro atoms. The summed E-state index contributed by atoms with van der Waals surface area (Å²) >= 11 is 6.39. The van der Waals surface area contributed by atoms with Gasteiger partial charge in [0, 0.05) is 0 Å². The monoisotopic (exact) mass is 554 g/mol. The van der Waals surface area contributed by atoms with Crippen molar-refractivity contribution in [2.75, 3.05) is 16.6 Å². The molecule has 4 aromatic rings. The third-order valence-electron chi connectivity index (χ3n) is 7.07. The van der Waals surface area contributed by atoms with E-state index in [1.807, 2.05) is 85.8 Å². The van der Waals surface area contributed by atoms with Crippen LogP contribution in [0.4, 0.5) is 11.4 Å². The Labute approximate surface area is 237 Å². The predicted molar refractivity (Wildman–Crippen MR) is 152 cm³/mol. The summed E-state index contributed by atoms with van der Waals surface area (Å²) in [5.74, 6) is -0.474. The van der Waals surface area contributed by atoms with Crippen molar-refractivity contribution in [3.8, 4) is 11.5 Å². The summed E-state index contributed by atoms with van der Waals surface area (Å²) in [6, 6.07) is 31.1. The van der Waals surface area contributed by atoms with Crippen LogP contribution < -0.4 is 19.4 Å². The fourth-order valence-electron chi connectivity index (χ4n) is 5.25. The van der Waals surface area contributed by atoms with E-state index in [2.05, 4.69) is 0 Å². The number of rotatable bonds is 8.